The summed E-state index contributed by atoms with van der Waals surface area (Å²) in [6.07, 6.45) is 0.999. The normalized spacial score (nSPS) is 14.4. The minimum atomic E-state index is 0.0627. The van der Waals surface area contributed by atoms with Gasteiger partial charge in [-0.05, 0) is 31.0 Å². The zero-order chi connectivity index (χ0) is 13.0. The summed E-state index contributed by atoms with van der Waals surface area (Å²) in [6, 6.07) is 8.66. The van der Waals surface area contributed by atoms with Crippen LogP contribution in [0.3, 0.4) is 0 Å². The van der Waals surface area contributed by atoms with Crippen molar-refractivity contribution in [3.8, 4) is 0 Å². The van der Waals surface area contributed by atoms with Crippen LogP contribution in [0.4, 0.5) is 0 Å². The number of rotatable bonds is 5. The van der Waals surface area contributed by atoms with Crippen LogP contribution >= 0.6 is 15.9 Å². The summed E-state index contributed by atoms with van der Waals surface area (Å²) in [7, 11) is 0. The van der Waals surface area contributed by atoms with Gasteiger partial charge in [-0.25, -0.2) is 0 Å². The Bertz CT molecular complexity index is 485. The van der Waals surface area contributed by atoms with E-state index in [4.69, 9.17) is 0 Å². The Labute approximate surface area is 115 Å². The zero-order valence-electron chi connectivity index (χ0n) is 10.4. The van der Waals surface area contributed by atoms with Crippen LogP contribution in [0.1, 0.15) is 43.7 Å². The van der Waals surface area contributed by atoms with E-state index in [1.54, 1.807) is 0 Å². The lowest BCUT2D eigenvalue weighted by Gasteiger charge is -2.21. The number of halogens is 1. The van der Waals surface area contributed by atoms with Gasteiger partial charge in [0.25, 0.3) is 0 Å². The standard InChI is InChI=1S/C12H16BrN5/c1-3-11(9-5-4-6-10(13)7-9)14-8(2)12-15-17-18-16-12/h4-8,11,14H,3H2,1-2H3,(H,15,16,17,18). The second-order valence-corrected chi connectivity index (χ2v) is 5.09. The molecule has 2 aromatic rings. The molecule has 0 bridgehead atoms. The Morgan fingerprint density at radius 2 is 2.28 bits per heavy atom. The average Bonchev–Trinajstić information content (AvgIpc) is 2.89. The van der Waals surface area contributed by atoms with E-state index in [0.717, 1.165) is 10.9 Å². The smallest absolute Gasteiger partial charge is 0.191 e. The van der Waals surface area contributed by atoms with E-state index in [1.165, 1.54) is 5.56 Å². The minimum absolute atomic E-state index is 0.0627. The van der Waals surface area contributed by atoms with Gasteiger partial charge in [-0.2, -0.15) is 5.21 Å². The van der Waals surface area contributed by atoms with Crippen LogP contribution in [-0.4, -0.2) is 20.6 Å². The molecule has 0 aliphatic rings. The first-order chi connectivity index (χ1) is 8.70. The second kappa shape index (κ2) is 6.06. The molecular formula is C12H16BrN5. The Balaban J connectivity index is 2.10. The lowest BCUT2D eigenvalue weighted by atomic mass is 10.0. The molecule has 6 heteroatoms. The highest BCUT2D eigenvalue weighted by Crippen LogP contribution is 2.23. The van der Waals surface area contributed by atoms with Crippen molar-refractivity contribution in [2.75, 3.05) is 0 Å². The quantitative estimate of drug-likeness (QED) is 0.891. The van der Waals surface area contributed by atoms with Crippen molar-refractivity contribution < 1.29 is 0 Å². The van der Waals surface area contributed by atoms with Gasteiger partial charge in [-0.1, -0.05) is 40.2 Å². The molecule has 0 amide bonds. The van der Waals surface area contributed by atoms with Crippen molar-refractivity contribution >= 4 is 15.9 Å². The SMILES string of the molecule is CCC(NC(C)c1nn[nH]n1)c1cccc(Br)c1. The third kappa shape index (κ3) is 3.14. The number of nitrogens with one attached hydrogen (secondary N) is 2. The Hall–Kier alpha value is -1.27. The molecule has 1 aromatic heterocycles. The van der Waals surface area contributed by atoms with Crippen LogP contribution in [0.25, 0.3) is 0 Å². The highest BCUT2D eigenvalue weighted by molar-refractivity contribution is 9.10. The lowest BCUT2D eigenvalue weighted by Crippen LogP contribution is -2.25. The molecule has 0 saturated heterocycles. The topological polar surface area (TPSA) is 66.5 Å². The molecule has 0 aliphatic carbocycles. The fourth-order valence-electron chi connectivity index (χ4n) is 1.90. The first kappa shape index (κ1) is 13.2. The molecule has 5 nitrogen and oxygen atoms in total. The number of hydrogen-bond acceptors (Lipinski definition) is 4. The van der Waals surface area contributed by atoms with Gasteiger partial charge in [0.15, 0.2) is 5.82 Å². The second-order valence-electron chi connectivity index (χ2n) is 4.17. The van der Waals surface area contributed by atoms with Crippen LogP contribution < -0.4 is 5.32 Å². The predicted molar refractivity (Wildman–Crippen MR) is 72.9 cm³/mol. The molecule has 0 radical (unpaired) electrons. The van der Waals surface area contributed by atoms with Gasteiger partial charge in [0.05, 0.1) is 6.04 Å². The fourth-order valence-corrected chi connectivity index (χ4v) is 2.32. The fraction of sp³-hybridized carbons (Fsp3) is 0.417. The van der Waals surface area contributed by atoms with Crippen molar-refractivity contribution in [2.24, 2.45) is 0 Å². The van der Waals surface area contributed by atoms with Crippen LogP contribution in [0.5, 0.6) is 0 Å². The number of H-pyrrole nitrogens is 1. The Kier molecular flexibility index (Phi) is 4.43. The summed E-state index contributed by atoms with van der Waals surface area (Å²) in [4.78, 5) is 0. The minimum Gasteiger partial charge on any atom is -0.300 e. The highest BCUT2D eigenvalue weighted by atomic mass is 79.9. The number of benzene rings is 1. The number of aromatic amines is 1. The van der Waals surface area contributed by atoms with E-state index >= 15 is 0 Å². The van der Waals surface area contributed by atoms with Gasteiger partial charge in [-0.3, -0.25) is 0 Å². The van der Waals surface area contributed by atoms with Crippen LogP contribution in [-0.2, 0) is 0 Å². The van der Waals surface area contributed by atoms with E-state index < -0.39 is 0 Å². The van der Waals surface area contributed by atoms with E-state index in [2.05, 4.69) is 60.9 Å². The van der Waals surface area contributed by atoms with Crippen LogP contribution in [0, 0.1) is 0 Å². The first-order valence-electron chi connectivity index (χ1n) is 5.95. The van der Waals surface area contributed by atoms with Crippen LogP contribution in [0.2, 0.25) is 0 Å². The van der Waals surface area contributed by atoms with E-state index in [9.17, 15) is 0 Å². The van der Waals surface area contributed by atoms with E-state index in [1.807, 2.05) is 19.1 Å². The summed E-state index contributed by atoms with van der Waals surface area (Å²) in [5.41, 5.74) is 1.25. The highest BCUT2D eigenvalue weighted by Gasteiger charge is 2.16. The Morgan fingerprint density at radius 1 is 1.44 bits per heavy atom. The molecule has 1 heterocycles. The largest absolute Gasteiger partial charge is 0.300 e. The maximum atomic E-state index is 4.00. The molecule has 2 unspecified atom stereocenters. The number of nitrogens with zero attached hydrogens (tertiary/aromatic N) is 3. The molecule has 1 aromatic carbocycles. The molecule has 2 N–H and O–H groups in total. The molecule has 2 rings (SSSR count). The number of hydrogen-bond donors (Lipinski definition) is 2. The third-order valence-corrected chi connectivity index (χ3v) is 3.35. The zero-order valence-corrected chi connectivity index (χ0v) is 12.0. The summed E-state index contributed by atoms with van der Waals surface area (Å²) >= 11 is 3.50. The molecule has 18 heavy (non-hydrogen) atoms. The molecule has 0 aliphatic heterocycles. The van der Waals surface area contributed by atoms with Crippen molar-refractivity contribution in [3.63, 3.8) is 0 Å². The molecular weight excluding hydrogens is 294 g/mol. The molecule has 0 fully saturated rings. The van der Waals surface area contributed by atoms with Gasteiger partial charge < -0.3 is 5.32 Å². The molecule has 2 atom stereocenters. The van der Waals surface area contributed by atoms with Gasteiger partial charge >= 0.3 is 0 Å². The first-order valence-corrected chi connectivity index (χ1v) is 6.75. The maximum Gasteiger partial charge on any atom is 0.191 e. The summed E-state index contributed by atoms with van der Waals surface area (Å²) in [5.74, 6) is 0.684. The van der Waals surface area contributed by atoms with E-state index in [-0.39, 0.29) is 12.1 Å². The maximum absolute atomic E-state index is 4.00. The Morgan fingerprint density at radius 3 is 2.89 bits per heavy atom. The van der Waals surface area contributed by atoms with Crippen molar-refractivity contribution in [2.45, 2.75) is 32.4 Å². The van der Waals surface area contributed by atoms with Gasteiger partial charge in [0.1, 0.15) is 0 Å². The van der Waals surface area contributed by atoms with Gasteiger partial charge in [0.2, 0.25) is 0 Å². The van der Waals surface area contributed by atoms with Crippen LogP contribution in [0.15, 0.2) is 28.7 Å². The average molecular weight is 310 g/mol. The van der Waals surface area contributed by atoms with Crippen molar-refractivity contribution in [1.29, 1.82) is 0 Å². The predicted octanol–water partition coefficient (Wildman–Crippen LogP) is 2.76. The summed E-state index contributed by atoms with van der Waals surface area (Å²) < 4.78 is 1.09. The molecule has 0 spiro atoms. The van der Waals surface area contributed by atoms with Gasteiger partial charge in [0, 0.05) is 10.5 Å². The van der Waals surface area contributed by atoms with Crippen molar-refractivity contribution in [1.82, 2.24) is 25.9 Å². The van der Waals surface area contributed by atoms with Crippen molar-refractivity contribution in [3.05, 3.63) is 40.1 Å². The molecule has 0 saturated carbocycles. The van der Waals surface area contributed by atoms with Gasteiger partial charge in [-0.15, -0.1) is 10.2 Å². The monoisotopic (exact) mass is 309 g/mol. The molecule has 96 valence electrons. The summed E-state index contributed by atoms with van der Waals surface area (Å²) in [5, 5.41) is 17.6. The number of aromatic nitrogens is 4. The van der Waals surface area contributed by atoms with E-state index in [0.29, 0.717) is 5.82 Å². The lowest BCUT2D eigenvalue weighted by molar-refractivity contribution is 0.442. The third-order valence-electron chi connectivity index (χ3n) is 2.86. The number of tetrazole rings is 1. The summed E-state index contributed by atoms with van der Waals surface area (Å²) in [6.45, 7) is 4.19.